The average Bonchev–Trinajstić information content (AvgIpc) is 2.44. The highest BCUT2D eigenvalue weighted by atomic mass is 79.9. The molecule has 2 rings (SSSR count). The van der Waals surface area contributed by atoms with Crippen molar-refractivity contribution in [3.63, 3.8) is 0 Å². The van der Waals surface area contributed by atoms with E-state index in [1.54, 1.807) is 12.1 Å². The molecule has 0 fully saturated rings. The summed E-state index contributed by atoms with van der Waals surface area (Å²) >= 11 is 3.37. The van der Waals surface area contributed by atoms with Crippen LogP contribution in [-0.2, 0) is 5.41 Å². The second-order valence-electron chi connectivity index (χ2n) is 5.97. The molecule has 0 spiro atoms. The Kier molecular flexibility index (Phi) is 4.84. The van der Waals surface area contributed by atoms with Gasteiger partial charge in [-0.25, -0.2) is 0 Å². The average molecular weight is 347 g/mol. The molecule has 0 amide bonds. The van der Waals surface area contributed by atoms with Gasteiger partial charge in [-0.2, -0.15) is 0 Å². The Morgan fingerprint density at radius 2 is 1.81 bits per heavy atom. The van der Waals surface area contributed by atoms with Gasteiger partial charge in [0, 0.05) is 10.0 Å². The van der Waals surface area contributed by atoms with Crippen LogP contribution in [0, 0.1) is 0 Å². The zero-order valence-corrected chi connectivity index (χ0v) is 14.1. The number of benzene rings is 2. The molecular formula is C18H19BrO2. The maximum Gasteiger partial charge on any atom is 0.200 e. The topological polar surface area (TPSA) is 26.3 Å². The molecule has 0 aliphatic heterocycles. The van der Waals surface area contributed by atoms with Gasteiger partial charge in [-0.1, -0.05) is 67.0 Å². The SMILES string of the molecule is CC(C)(C)c1ccccc1OCC(=O)c1cccc(Br)c1. The lowest BCUT2D eigenvalue weighted by Gasteiger charge is -2.22. The van der Waals surface area contributed by atoms with Gasteiger partial charge in [-0.15, -0.1) is 0 Å². The lowest BCUT2D eigenvalue weighted by Crippen LogP contribution is -2.16. The van der Waals surface area contributed by atoms with E-state index in [2.05, 4.69) is 36.7 Å². The van der Waals surface area contributed by atoms with Crippen LogP contribution in [0.25, 0.3) is 0 Å². The fourth-order valence-electron chi connectivity index (χ4n) is 2.10. The van der Waals surface area contributed by atoms with Crippen LogP contribution in [0.1, 0.15) is 36.7 Å². The van der Waals surface area contributed by atoms with Crippen LogP contribution < -0.4 is 4.74 Å². The summed E-state index contributed by atoms with van der Waals surface area (Å²) in [6.07, 6.45) is 0. The Morgan fingerprint density at radius 1 is 1.10 bits per heavy atom. The summed E-state index contributed by atoms with van der Waals surface area (Å²) in [5.41, 5.74) is 1.74. The molecule has 0 aliphatic rings. The number of halogens is 1. The summed E-state index contributed by atoms with van der Waals surface area (Å²) in [7, 11) is 0. The summed E-state index contributed by atoms with van der Waals surface area (Å²) < 4.78 is 6.65. The molecule has 0 atom stereocenters. The van der Waals surface area contributed by atoms with Gasteiger partial charge in [0.1, 0.15) is 5.75 Å². The zero-order chi connectivity index (χ0) is 15.5. The highest BCUT2D eigenvalue weighted by Gasteiger charge is 2.19. The summed E-state index contributed by atoms with van der Waals surface area (Å²) in [6.45, 7) is 6.44. The number of carbonyl (C=O) groups is 1. The number of Topliss-reactive ketones (excluding diaryl/α,β-unsaturated/α-hetero) is 1. The van der Waals surface area contributed by atoms with Gasteiger partial charge < -0.3 is 4.74 Å². The van der Waals surface area contributed by atoms with Crippen molar-refractivity contribution in [3.05, 3.63) is 64.1 Å². The number of hydrogen-bond acceptors (Lipinski definition) is 2. The van der Waals surface area contributed by atoms with Crippen molar-refractivity contribution in [2.45, 2.75) is 26.2 Å². The van der Waals surface area contributed by atoms with Crippen LogP contribution in [0.5, 0.6) is 5.75 Å². The molecule has 0 radical (unpaired) electrons. The van der Waals surface area contributed by atoms with Gasteiger partial charge in [0.15, 0.2) is 12.4 Å². The molecule has 110 valence electrons. The summed E-state index contributed by atoms with van der Waals surface area (Å²) in [6, 6.07) is 15.2. The van der Waals surface area contributed by atoms with Crippen LogP contribution in [0.2, 0.25) is 0 Å². The Bertz CT molecular complexity index is 642. The number of carbonyl (C=O) groups excluding carboxylic acids is 1. The predicted octanol–water partition coefficient (Wildman–Crippen LogP) is 5.01. The van der Waals surface area contributed by atoms with Crippen molar-refractivity contribution in [1.29, 1.82) is 0 Å². The summed E-state index contributed by atoms with van der Waals surface area (Å²) in [4.78, 5) is 12.2. The minimum absolute atomic E-state index is 0.0184. The van der Waals surface area contributed by atoms with Crippen LogP contribution in [0.3, 0.4) is 0 Å². The minimum Gasteiger partial charge on any atom is -0.485 e. The molecule has 21 heavy (non-hydrogen) atoms. The Hall–Kier alpha value is -1.61. The second-order valence-corrected chi connectivity index (χ2v) is 6.88. The smallest absolute Gasteiger partial charge is 0.200 e. The fraction of sp³-hybridized carbons (Fsp3) is 0.278. The standard InChI is InChI=1S/C18H19BrO2/c1-18(2,3)15-9-4-5-10-17(15)21-12-16(20)13-7-6-8-14(19)11-13/h4-11H,12H2,1-3H3. The first-order valence-corrected chi connectivity index (χ1v) is 7.68. The van der Waals surface area contributed by atoms with Crippen molar-refractivity contribution < 1.29 is 9.53 Å². The van der Waals surface area contributed by atoms with Gasteiger partial charge in [0.05, 0.1) is 0 Å². The number of para-hydroxylation sites is 1. The Balaban J connectivity index is 2.12. The van der Waals surface area contributed by atoms with E-state index in [9.17, 15) is 4.79 Å². The molecule has 0 N–H and O–H groups in total. The first kappa shape index (κ1) is 15.8. The molecular weight excluding hydrogens is 328 g/mol. The van der Waals surface area contributed by atoms with Crippen molar-refractivity contribution >= 4 is 21.7 Å². The van der Waals surface area contributed by atoms with Crippen molar-refractivity contribution in [1.82, 2.24) is 0 Å². The third-order valence-electron chi connectivity index (χ3n) is 3.20. The number of hydrogen-bond donors (Lipinski definition) is 0. The van der Waals surface area contributed by atoms with Crippen LogP contribution in [0.4, 0.5) is 0 Å². The van der Waals surface area contributed by atoms with E-state index in [1.807, 2.05) is 36.4 Å². The second kappa shape index (κ2) is 6.44. The zero-order valence-electron chi connectivity index (χ0n) is 12.5. The molecule has 2 nitrogen and oxygen atoms in total. The first-order chi connectivity index (χ1) is 9.88. The largest absolute Gasteiger partial charge is 0.485 e. The molecule has 0 bridgehead atoms. The van der Waals surface area contributed by atoms with Crippen LogP contribution >= 0.6 is 15.9 Å². The molecule has 2 aromatic carbocycles. The summed E-state index contributed by atoms with van der Waals surface area (Å²) in [5.74, 6) is 0.744. The highest BCUT2D eigenvalue weighted by Crippen LogP contribution is 2.31. The van der Waals surface area contributed by atoms with E-state index < -0.39 is 0 Å². The molecule has 2 aromatic rings. The number of ketones is 1. The highest BCUT2D eigenvalue weighted by molar-refractivity contribution is 9.10. The van der Waals surface area contributed by atoms with Gasteiger partial charge in [0.2, 0.25) is 0 Å². The van der Waals surface area contributed by atoms with Crippen LogP contribution in [0.15, 0.2) is 53.0 Å². The van der Waals surface area contributed by atoms with E-state index >= 15 is 0 Å². The van der Waals surface area contributed by atoms with Crippen molar-refractivity contribution in [3.8, 4) is 5.75 Å². The molecule has 0 saturated carbocycles. The van der Waals surface area contributed by atoms with Crippen LogP contribution in [-0.4, -0.2) is 12.4 Å². The van der Waals surface area contributed by atoms with E-state index in [0.29, 0.717) is 5.56 Å². The van der Waals surface area contributed by atoms with E-state index in [1.165, 1.54) is 0 Å². The lowest BCUT2D eigenvalue weighted by molar-refractivity contribution is 0.0920. The molecule has 0 unspecified atom stereocenters. The van der Waals surface area contributed by atoms with Crippen molar-refractivity contribution in [2.24, 2.45) is 0 Å². The van der Waals surface area contributed by atoms with Gasteiger partial charge in [-0.3, -0.25) is 4.79 Å². The Labute approximate surface area is 134 Å². The molecule has 0 heterocycles. The molecule has 0 aromatic heterocycles. The summed E-state index contributed by atoms with van der Waals surface area (Å²) in [5, 5.41) is 0. The fourth-order valence-corrected chi connectivity index (χ4v) is 2.50. The van der Waals surface area contributed by atoms with E-state index in [4.69, 9.17) is 4.74 Å². The predicted molar refractivity (Wildman–Crippen MR) is 89.1 cm³/mol. The minimum atomic E-state index is -0.0278. The third kappa shape index (κ3) is 4.18. The van der Waals surface area contributed by atoms with Gasteiger partial charge in [-0.05, 0) is 29.2 Å². The number of ether oxygens (including phenoxy) is 1. The maximum atomic E-state index is 12.2. The molecule has 0 saturated heterocycles. The third-order valence-corrected chi connectivity index (χ3v) is 3.69. The quantitative estimate of drug-likeness (QED) is 0.727. The van der Waals surface area contributed by atoms with Gasteiger partial charge in [0.25, 0.3) is 0 Å². The molecule has 0 aliphatic carbocycles. The maximum absolute atomic E-state index is 12.2. The van der Waals surface area contributed by atoms with E-state index in [-0.39, 0.29) is 17.8 Å². The Morgan fingerprint density at radius 3 is 2.48 bits per heavy atom. The molecule has 3 heteroatoms. The lowest BCUT2D eigenvalue weighted by atomic mass is 9.86. The van der Waals surface area contributed by atoms with E-state index in [0.717, 1.165) is 15.8 Å². The van der Waals surface area contributed by atoms with Gasteiger partial charge >= 0.3 is 0 Å². The monoisotopic (exact) mass is 346 g/mol. The van der Waals surface area contributed by atoms with Crippen molar-refractivity contribution in [2.75, 3.05) is 6.61 Å². The number of rotatable bonds is 4. The normalized spacial score (nSPS) is 11.2. The first-order valence-electron chi connectivity index (χ1n) is 6.89.